The number of nitrogens with zero attached hydrogens (tertiary/aromatic N) is 4. The Hall–Kier alpha value is -7.82. The maximum absolute atomic E-state index is 2.43. The normalized spacial score (nSPS) is 16.5. The minimum Gasteiger partial charge on any atom is -0.310 e. The summed E-state index contributed by atoms with van der Waals surface area (Å²) >= 11 is 0. The third-order valence-corrected chi connectivity index (χ3v) is 14.1. The van der Waals surface area contributed by atoms with E-state index in [0.29, 0.717) is 5.41 Å². The molecule has 4 nitrogen and oxygen atoms in total. The first-order valence-corrected chi connectivity index (χ1v) is 23.1. The highest BCUT2D eigenvalue weighted by Gasteiger charge is 2.45. The Balaban J connectivity index is 1.03. The predicted molar refractivity (Wildman–Crippen MR) is 273 cm³/mol. The molecule has 1 heterocycles. The summed E-state index contributed by atoms with van der Waals surface area (Å²) in [5, 5.41) is 2.43. The standard InChI is InChI=1S/C61H50N4/c1-5-17-47(18-6-1)62(48-19-7-2-8-20-48)52-25-15-27-54(41-52)64(56-35-36-60-58(43-56)57-29-13-14-30-59(57)65(60)50-23-11-4-12-24-50)55-28-16-26-53(42-55)63(49-21-9-3-10-22-49)51-33-31-46(32-34-51)61-39-37-45(44-61)38-40-61/h1-36,41-43,45H,37-40,44H2. The fourth-order valence-corrected chi connectivity index (χ4v) is 11.1. The minimum atomic E-state index is 0.362. The van der Waals surface area contributed by atoms with Crippen molar-refractivity contribution in [3.05, 3.63) is 242 Å². The summed E-state index contributed by atoms with van der Waals surface area (Å²) in [5.74, 6) is 0.907. The van der Waals surface area contributed by atoms with E-state index >= 15 is 0 Å². The van der Waals surface area contributed by atoms with Crippen molar-refractivity contribution in [2.75, 3.05) is 14.7 Å². The highest BCUT2D eigenvalue weighted by molar-refractivity contribution is 6.10. The van der Waals surface area contributed by atoms with Crippen molar-refractivity contribution in [1.29, 1.82) is 0 Å². The number of fused-ring (bicyclic) bond motifs is 5. The second kappa shape index (κ2) is 16.4. The lowest BCUT2D eigenvalue weighted by molar-refractivity contribution is 0.419. The Morgan fingerprint density at radius 2 is 0.738 bits per heavy atom. The molecule has 0 spiro atoms. The quantitative estimate of drug-likeness (QED) is 0.129. The molecule has 0 atom stereocenters. The van der Waals surface area contributed by atoms with Crippen molar-refractivity contribution in [3.63, 3.8) is 0 Å². The number of benzene rings is 9. The Morgan fingerprint density at radius 3 is 1.25 bits per heavy atom. The van der Waals surface area contributed by atoms with Crippen LogP contribution in [0.5, 0.6) is 0 Å². The zero-order valence-corrected chi connectivity index (χ0v) is 36.4. The SMILES string of the molecule is c1ccc(N(c2ccccc2)c2cccc(N(c3cccc(N(c4ccccc4)c4ccc(C56CCC(CC5)C6)cc4)c3)c3ccc4c(c3)c3ccccc3n4-c3ccccc3)c2)cc1. The number of hydrogen-bond acceptors (Lipinski definition) is 3. The molecule has 0 aliphatic heterocycles. The molecule has 0 N–H and O–H groups in total. The third-order valence-electron chi connectivity index (χ3n) is 14.1. The van der Waals surface area contributed by atoms with Gasteiger partial charge in [-0.3, -0.25) is 0 Å². The van der Waals surface area contributed by atoms with Gasteiger partial charge in [-0.2, -0.15) is 0 Å². The van der Waals surface area contributed by atoms with Gasteiger partial charge in [0.1, 0.15) is 0 Å². The van der Waals surface area contributed by atoms with Crippen LogP contribution < -0.4 is 14.7 Å². The van der Waals surface area contributed by atoms with E-state index in [1.165, 1.54) is 59.5 Å². The minimum absolute atomic E-state index is 0.362. The van der Waals surface area contributed by atoms with Crippen LogP contribution in [-0.4, -0.2) is 4.57 Å². The molecule has 1 aromatic heterocycles. The van der Waals surface area contributed by atoms with Gasteiger partial charge in [-0.15, -0.1) is 0 Å². The molecule has 314 valence electrons. The number of hydrogen-bond donors (Lipinski definition) is 0. The van der Waals surface area contributed by atoms with Crippen LogP contribution in [0.4, 0.5) is 51.2 Å². The average Bonchev–Trinajstić information content (AvgIpc) is 4.09. The largest absolute Gasteiger partial charge is 0.310 e. The second-order valence-corrected chi connectivity index (χ2v) is 17.9. The lowest BCUT2D eigenvalue weighted by Gasteiger charge is -2.31. The van der Waals surface area contributed by atoms with E-state index in [4.69, 9.17) is 0 Å². The Kier molecular flexibility index (Phi) is 9.79. The summed E-state index contributed by atoms with van der Waals surface area (Å²) in [6.07, 6.45) is 6.75. The first kappa shape index (κ1) is 38.8. The lowest BCUT2D eigenvalue weighted by atomic mass is 9.78. The molecule has 0 unspecified atom stereocenters. The van der Waals surface area contributed by atoms with Crippen LogP contribution in [0.3, 0.4) is 0 Å². The fourth-order valence-electron chi connectivity index (χ4n) is 11.1. The monoisotopic (exact) mass is 838 g/mol. The molecule has 0 amide bonds. The van der Waals surface area contributed by atoms with Crippen LogP contribution in [0, 0.1) is 5.92 Å². The van der Waals surface area contributed by atoms with Crippen molar-refractivity contribution in [2.24, 2.45) is 5.92 Å². The van der Waals surface area contributed by atoms with Gasteiger partial charge < -0.3 is 19.3 Å². The average molecular weight is 839 g/mol. The predicted octanol–water partition coefficient (Wildman–Crippen LogP) is 17.0. The van der Waals surface area contributed by atoms with Gasteiger partial charge in [-0.1, -0.05) is 115 Å². The van der Waals surface area contributed by atoms with Gasteiger partial charge in [0.05, 0.1) is 11.0 Å². The van der Waals surface area contributed by atoms with E-state index in [0.717, 1.165) is 62.8 Å². The first-order chi connectivity index (χ1) is 32.2. The highest BCUT2D eigenvalue weighted by Crippen LogP contribution is 2.55. The summed E-state index contributed by atoms with van der Waals surface area (Å²) in [6, 6.07) is 86.2. The molecular weight excluding hydrogens is 789 g/mol. The molecule has 9 aromatic carbocycles. The summed E-state index contributed by atoms with van der Waals surface area (Å²) in [4.78, 5) is 7.18. The van der Waals surface area contributed by atoms with Crippen LogP contribution >= 0.6 is 0 Å². The maximum atomic E-state index is 2.43. The van der Waals surface area contributed by atoms with E-state index in [2.05, 4.69) is 256 Å². The molecule has 4 heteroatoms. The van der Waals surface area contributed by atoms with Crippen molar-refractivity contribution in [3.8, 4) is 5.69 Å². The number of anilines is 9. The van der Waals surface area contributed by atoms with Gasteiger partial charge in [0.15, 0.2) is 0 Å². The van der Waals surface area contributed by atoms with Crippen molar-refractivity contribution in [2.45, 2.75) is 37.5 Å². The smallest absolute Gasteiger partial charge is 0.0542 e. The Morgan fingerprint density at radius 1 is 0.338 bits per heavy atom. The molecule has 2 saturated carbocycles. The molecule has 0 saturated heterocycles. The van der Waals surface area contributed by atoms with Crippen molar-refractivity contribution in [1.82, 2.24) is 4.57 Å². The molecule has 12 rings (SSSR count). The highest BCUT2D eigenvalue weighted by atomic mass is 15.2. The number of para-hydroxylation sites is 5. The van der Waals surface area contributed by atoms with Gasteiger partial charge >= 0.3 is 0 Å². The Labute approximate surface area is 381 Å². The van der Waals surface area contributed by atoms with Crippen LogP contribution in [0.2, 0.25) is 0 Å². The summed E-state index contributed by atoms with van der Waals surface area (Å²) in [5.41, 5.74) is 15.2. The maximum Gasteiger partial charge on any atom is 0.0542 e. The summed E-state index contributed by atoms with van der Waals surface area (Å²) < 4.78 is 2.39. The summed E-state index contributed by atoms with van der Waals surface area (Å²) in [6.45, 7) is 0. The third kappa shape index (κ3) is 7.03. The molecule has 0 radical (unpaired) electrons. The molecule has 65 heavy (non-hydrogen) atoms. The van der Waals surface area contributed by atoms with E-state index in [1.807, 2.05) is 0 Å². The zero-order chi connectivity index (χ0) is 43.2. The zero-order valence-electron chi connectivity index (χ0n) is 36.4. The number of aromatic nitrogens is 1. The van der Waals surface area contributed by atoms with Gasteiger partial charge in [0.2, 0.25) is 0 Å². The summed E-state index contributed by atoms with van der Waals surface area (Å²) in [7, 11) is 0. The van der Waals surface area contributed by atoms with E-state index in [1.54, 1.807) is 0 Å². The molecule has 10 aromatic rings. The topological polar surface area (TPSA) is 14.7 Å². The van der Waals surface area contributed by atoms with E-state index in [-0.39, 0.29) is 0 Å². The van der Waals surface area contributed by atoms with Crippen LogP contribution in [0.25, 0.3) is 27.5 Å². The van der Waals surface area contributed by atoms with Crippen LogP contribution in [-0.2, 0) is 5.41 Å². The number of rotatable bonds is 11. The van der Waals surface area contributed by atoms with Crippen molar-refractivity contribution < 1.29 is 0 Å². The van der Waals surface area contributed by atoms with Crippen molar-refractivity contribution >= 4 is 73.0 Å². The first-order valence-electron chi connectivity index (χ1n) is 23.1. The van der Waals surface area contributed by atoms with E-state index < -0.39 is 0 Å². The molecular formula is C61H50N4. The molecule has 2 fully saturated rings. The molecule has 2 aliphatic rings. The molecule has 2 aliphatic carbocycles. The Bertz CT molecular complexity index is 3200. The van der Waals surface area contributed by atoms with Crippen LogP contribution in [0.1, 0.15) is 37.7 Å². The van der Waals surface area contributed by atoms with Gasteiger partial charge in [0.25, 0.3) is 0 Å². The molecule has 2 bridgehead atoms. The van der Waals surface area contributed by atoms with Gasteiger partial charge in [0, 0.05) is 67.6 Å². The lowest BCUT2D eigenvalue weighted by Crippen LogP contribution is -2.19. The fraction of sp³-hybridized carbons (Fsp3) is 0.115. The van der Waals surface area contributed by atoms with Gasteiger partial charge in [-0.05, 0) is 170 Å². The van der Waals surface area contributed by atoms with E-state index in [9.17, 15) is 0 Å². The van der Waals surface area contributed by atoms with Gasteiger partial charge in [-0.25, -0.2) is 0 Å². The van der Waals surface area contributed by atoms with Crippen LogP contribution in [0.15, 0.2) is 237 Å². The second-order valence-electron chi connectivity index (χ2n) is 17.9.